The molecule has 0 amide bonds. The molecule has 0 aromatic rings. The van der Waals surface area contributed by atoms with Gasteiger partial charge in [0, 0.05) is 6.04 Å². The van der Waals surface area contributed by atoms with Gasteiger partial charge >= 0.3 is 0 Å². The maximum Gasteiger partial charge on any atom is 0.0707 e. The Hall–Kier alpha value is -0.440. The van der Waals surface area contributed by atoms with Crippen molar-refractivity contribution < 1.29 is 0 Å². The summed E-state index contributed by atoms with van der Waals surface area (Å²) >= 11 is 0. The van der Waals surface area contributed by atoms with E-state index in [0.29, 0.717) is 6.04 Å². The van der Waals surface area contributed by atoms with Crippen molar-refractivity contribution in [1.82, 2.24) is 0 Å². The van der Waals surface area contributed by atoms with Gasteiger partial charge in [-0.2, -0.15) is 5.11 Å². The summed E-state index contributed by atoms with van der Waals surface area (Å²) in [6.45, 7) is 0. The third-order valence-corrected chi connectivity index (χ3v) is 1.92. The molecule has 0 aromatic heterocycles. The van der Waals surface area contributed by atoms with E-state index in [1.54, 1.807) is 0 Å². The summed E-state index contributed by atoms with van der Waals surface area (Å²) in [5.74, 6) is 0. The number of nitrogens with zero attached hydrogens (tertiary/aromatic N) is 1. The van der Waals surface area contributed by atoms with E-state index in [2.05, 4.69) is 5.11 Å². The van der Waals surface area contributed by atoms with Crippen LogP contribution >= 0.6 is 0 Å². The van der Waals surface area contributed by atoms with Crippen LogP contribution in [0.15, 0.2) is 5.11 Å². The number of hydrogen-bond acceptors (Lipinski definition) is 3. The third kappa shape index (κ3) is 1.75. The molecule has 52 valence electrons. The van der Waals surface area contributed by atoms with Gasteiger partial charge in [0.15, 0.2) is 0 Å². The van der Waals surface area contributed by atoms with Gasteiger partial charge in [-0.25, -0.2) is 5.53 Å². The van der Waals surface area contributed by atoms with Crippen molar-refractivity contribution in [2.75, 3.05) is 0 Å². The zero-order valence-corrected chi connectivity index (χ0v) is 5.51. The lowest BCUT2D eigenvalue weighted by Gasteiger charge is -2.21. The summed E-state index contributed by atoms with van der Waals surface area (Å²) in [4.78, 5) is 0. The first kappa shape index (κ1) is 6.68. The van der Waals surface area contributed by atoms with Gasteiger partial charge in [-0.05, 0) is 25.7 Å². The van der Waals surface area contributed by atoms with Gasteiger partial charge < -0.3 is 5.73 Å². The van der Waals surface area contributed by atoms with E-state index in [1.807, 2.05) is 0 Å². The Kier molecular flexibility index (Phi) is 2.16. The topological polar surface area (TPSA) is 62.2 Å². The summed E-state index contributed by atoms with van der Waals surface area (Å²) in [5.41, 5.74) is 12.4. The van der Waals surface area contributed by atoms with Crippen molar-refractivity contribution in [2.45, 2.75) is 37.8 Å². The van der Waals surface area contributed by atoms with Crippen molar-refractivity contribution in [3.63, 3.8) is 0 Å². The molecule has 0 aromatic carbocycles. The predicted octanol–water partition coefficient (Wildman–Crippen LogP) is 1.29. The summed E-state index contributed by atoms with van der Waals surface area (Å²) in [5, 5.41) is 3.48. The highest BCUT2D eigenvalue weighted by molar-refractivity contribution is 4.76. The van der Waals surface area contributed by atoms with Crippen LogP contribution in [0.5, 0.6) is 0 Å². The number of rotatable bonds is 1. The Morgan fingerprint density at radius 2 is 1.78 bits per heavy atom. The first-order chi connectivity index (χ1) is 4.33. The van der Waals surface area contributed by atoms with Crippen LogP contribution in [0.1, 0.15) is 25.7 Å². The minimum absolute atomic E-state index is 0.282. The molecular weight excluding hydrogens is 114 g/mol. The predicted molar refractivity (Wildman–Crippen MR) is 35.4 cm³/mol. The van der Waals surface area contributed by atoms with Crippen LogP contribution in [-0.4, -0.2) is 12.1 Å². The summed E-state index contributed by atoms with van der Waals surface area (Å²) in [6.07, 6.45) is 4.13. The van der Waals surface area contributed by atoms with Gasteiger partial charge in [-0.15, -0.1) is 0 Å². The highest BCUT2D eigenvalue weighted by Gasteiger charge is 2.16. The van der Waals surface area contributed by atoms with Gasteiger partial charge in [0.2, 0.25) is 0 Å². The van der Waals surface area contributed by atoms with Gasteiger partial charge in [0.05, 0.1) is 6.04 Å². The molecule has 3 heteroatoms. The minimum atomic E-state index is 0.282. The van der Waals surface area contributed by atoms with Crippen LogP contribution < -0.4 is 5.73 Å². The van der Waals surface area contributed by atoms with Gasteiger partial charge in [-0.1, -0.05) is 0 Å². The third-order valence-electron chi connectivity index (χ3n) is 1.92. The van der Waals surface area contributed by atoms with E-state index in [-0.39, 0.29) is 6.04 Å². The van der Waals surface area contributed by atoms with Crippen LogP contribution in [0.2, 0.25) is 0 Å². The maximum atomic E-state index is 6.75. The number of nitrogens with two attached hydrogens (primary N) is 1. The van der Waals surface area contributed by atoms with Gasteiger partial charge in [-0.3, -0.25) is 0 Å². The molecule has 1 saturated carbocycles. The van der Waals surface area contributed by atoms with Crippen LogP contribution in [-0.2, 0) is 0 Å². The van der Waals surface area contributed by atoms with Crippen LogP contribution in [0, 0.1) is 5.53 Å². The second-order valence-corrected chi connectivity index (χ2v) is 2.70. The molecule has 3 nitrogen and oxygen atoms in total. The van der Waals surface area contributed by atoms with E-state index in [4.69, 9.17) is 11.3 Å². The zero-order chi connectivity index (χ0) is 6.69. The molecule has 0 atom stereocenters. The molecule has 0 aliphatic heterocycles. The molecule has 1 rings (SSSR count). The number of hydrogen-bond donors (Lipinski definition) is 2. The van der Waals surface area contributed by atoms with Crippen molar-refractivity contribution in [3.8, 4) is 0 Å². The lowest BCUT2D eigenvalue weighted by molar-refractivity contribution is 0.383. The quantitative estimate of drug-likeness (QED) is 0.512. The monoisotopic (exact) mass is 127 g/mol. The molecule has 9 heavy (non-hydrogen) atoms. The Balaban J connectivity index is 2.26. The molecule has 1 aliphatic carbocycles. The lowest BCUT2D eigenvalue weighted by atomic mass is 9.92. The second-order valence-electron chi connectivity index (χ2n) is 2.70. The summed E-state index contributed by atoms with van der Waals surface area (Å²) in [7, 11) is 0. The van der Waals surface area contributed by atoms with Crippen molar-refractivity contribution in [1.29, 1.82) is 5.53 Å². The smallest absolute Gasteiger partial charge is 0.0707 e. The summed E-state index contributed by atoms with van der Waals surface area (Å²) in [6, 6.07) is 0.660. The first-order valence-corrected chi connectivity index (χ1v) is 3.45. The highest BCUT2D eigenvalue weighted by atomic mass is 15.0. The Labute approximate surface area is 55.1 Å². The molecule has 0 heterocycles. The Morgan fingerprint density at radius 3 is 2.22 bits per heavy atom. The highest BCUT2D eigenvalue weighted by Crippen LogP contribution is 2.18. The molecule has 0 spiro atoms. The van der Waals surface area contributed by atoms with E-state index < -0.39 is 0 Å². The van der Waals surface area contributed by atoms with Crippen molar-refractivity contribution >= 4 is 0 Å². The normalized spacial score (nSPS) is 36.1. The van der Waals surface area contributed by atoms with Gasteiger partial charge in [0.25, 0.3) is 0 Å². The maximum absolute atomic E-state index is 6.75. The zero-order valence-electron chi connectivity index (χ0n) is 5.51. The molecule has 0 saturated heterocycles. The molecular formula is C6H13N3. The standard InChI is InChI=1S/C6H13N3/c7-5-1-3-6(9-8)4-2-5/h5-6,8H,1-4,7H2. The SMILES string of the molecule is N=NC1CCC(N)CC1. The fraction of sp³-hybridized carbons (Fsp3) is 1.00. The fourth-order valence-corrected chi connectivity index (χ4v) is 1.23. The second kappa shape index (κ2) is 2.92. The Bertz CT molecular complexity index is 94.5. The molecule has 0 unspecified atom stereocenters. The average molecular weight is 127 g/mol. The molecule has 1 aliphatic rings. The van der Waals surface area contributed by atoms with Crippen LogP contribution in [0.4, 0.5) is 0 Å². The fourth-order valence-electron chi connectivity index (χ4n) is 1.23. The summed E-state index contributed by atoms with van der Waals surface area (Å²) < 4.78 is 0. The molecule has 0 bridgehead atoms. The lowest BCUT2D eigenvalue weighted by Crippen LogP contribution is -2.27. The van der Waals surface area contributed by atoms with Crippen molar-refractivity contribution in [3.05, 3.63) is 0 Å². The van der Waals surface area contributed by atoms with E-state index >= 15 is 0 Å². The first-order valence-electron chi connectivity index (χ1n) is 3.45. The van der Waals surface area contributed by atoms with E-state index in [9.17, 15) is 0 Å². The van der Waals surface area contributed by atoms with Crippen LogP contribution in [0.3, 0.4) is 0 Å². The van der Waals surface area contributed by atoms with E-state index in [0.717, 1.165) is 25.7 Å². The average Bonchev–Trinajstić information content (AvgIpc) is 1.90. The molecule has 3 N–H and O–H groups in total. The minimum Gasteiger partial charge on any atom is -0.328 e. The largest absolute Gasteiger partial charge is 0.328 e. The van der Waals surface area contributed by atoms with E-state index in [1.165, 1.54) is 0 Å². The molecule has 1 fully saturated rings. The van der Waals surface area contributed by atoms with Crippen LogP contribution in [0.25, 0.3) is 0 Å². The molecule has 0 radical (unpaired) electrons. The van der Waals surface area contributed by atoms with Gasteiger partial charge in [0.1, 0.15) is 0 Å². The number of nitrogens with one attached hydrogen (secondary N) is 1. The Morgan fingerprint density at radius 1 is 1.22 bits per heavy atom. The van der Waals surface area contributed by atoms with Crippen molar-refractivity contribution in [2.24, 2.45) is 10.8 Å².